The van der Waals surface area contributed by atoms with Gasteiger partial charge in [0.1, 0.15) is 5.22 Å². The lowest BCUT2D eigenvalue weighted by Gasteiger charge is -2.48. The van der Waals surface area contributed by atoms with Crippen LogP contribution < -0.4 is 5.32 Å². The van der Waals surface area contributed by atoms with Crippen LogP contribution in [0.25, 0.3) is 0 Å². The van der Waals surface area contributed by atoms with Gasteiger partial charge >= 0.3 is 18.1 Å². The molecule has 1 atom stereocenters. The summed E-state index contributed by atoms with van der Waals surface area (Å²) in [6.07, 6.45) is 5.45. The fourth-order valence-electron chi connectivity index (χ4n) is 3.97. The molecule has 9 heteroatoms. The Balaban J connectivity index is 0.000000516. The number of ether oxygens (including phenoxy) is 1. The number of rotatable bonds is 11. The molecule has 0 spiro atoms. The normalized spacial score (nSPS) is 20.8. The average Bonchev–Trinajstić information content (AvgIpc) is 2.79. The molecule has 1 aliphatic heterocycles. The molecule has 29 heavy (non-hydrogen) atoms. The summed E-state index contributed by atoms with van der Waals surface area (Å²) in [5.74, 6) is 0. The first-order chi connectivity index (χ1) is 14.1. The molecule has 1 aromatic rings. The Morgan fingerprint density at radius 1 is 0.931 bits per heavy atom. The van der Waals surface area contributed by atoms with Gasteiger partial charge in [-0.25, -0.2) is 0 Å². The highest BCUT2D eigenvalue weighted by molar-refractivity contribution is 6.70. The predicted molar refractivity (Wildman–Crippen MR) is 121 cm³/mol. The van der Waals surface area contributed by atoms with Gasteiger partial charge in [-0.1, -0.05) is 31.0 Å². The van der Waals surface area contributed by atoms with Crippen molar-refractivity contribution in [2.75, 3.05) is 54.5 Å². The summed E-state index contributed by atoms with van der Waals surface area (Å²) in [6, 6.07) is 11.3. The molecule has 0 saturated carbocycles. The first-order valence-corrected chi connectivity index (χ1v) is 13.5. The molecule has 1 heterocycles. The minimum atomic E-state index is -2.29. The molecule has 0 bridgehead atoms. The number of para-hydroxylation sites is 1. The molecule has 0 aromatic heterocycles. The number of hydrogen-bond donors (Lipinski definition) is 1. The van der Waals surface area contributed by atoms with Gasteiger partial charge in [0.2, 0.25) is 0 Å². The van der Waals surface area contributed by atoms with E-state index in [1.807, 2.05) is 25.3 Å². The Labute approximate surface area is 179 Å². The van der Waals surface area contributed by atoms with Crippen molar-refractivity contribution in [2.24, 2.45) is 0 Å². The first-order valence-electron chi connectivity index (χ1n) is 10.1. The van der Waals surface area contributed by atoms with Crippen LogP contribution in [0.2, 0.25) is 6.04 Å². The Kier molecular flexibility index (Phi) is 12.9. The number of nitrogens with one attached hydrogen (secondary N) is 1. The van der Waals surface area contributed by atoms with Crippen LogP contribution in [0.4, 0.5) is 5.69 Å². The van der Waals surface area contributed by atoms with Crippen molar-refractivity contribution in [1.82, 2.24) is 0 Å². The zero-order valence-electron chi connectivity index (χ0n) is 18.9. The van der Waals surface area contributed by atoms with E-state index in [9.17, 15) is 0 Å². The summed E-state index contributed by atoms with van der Waals surface area (Å²) >= 11 is 0. The fraction of sp³-hybridized carbons (Fsp3) is 0.700. The number of anilines is 1. The van der Waals surface area contributed by atoms with Gasteiger partial charge in [0.05, 0.1) is 0 Å². The molecule has 1 N–H and O–H groups in total. The summed E-state index contributed by atoms with van der Waals surface area (Å²) in [5, 5.41) is 3.25. The smallest absolute Gasteiger partial charge is 0.396 e. The summed E-state index contributed by atoms with van der Waals surface area (Å²) in [7, 11) is 6.15. The monoisotopic (exact) mass is 445 g/mol. The number of methoxy groups -OCH3 is 1. The third-order valence-electron chi connectivity index (χ3n) is 5.52. The van der Waals surface area contributed by atoms with E-state index in [4.69, 9.17) is 26.9 Å². The van der Waals surface area contributed by atoms with E-state index in [2.05, 4.69) is 17.4 Å². The van der Waals surface area contributed by atoms with Crippen LogP contribution in [0.1, 0.15) is 32.1 Å². The van der Waals surface area contributed by atoms with Crippen LogP contribution in [0.15, 0.2) is 30.3 Å². The Morgan fingerprint density at radius 2 is 1.55 bits per heavy atom. The molecular formula is C20H39NO6Si2. The summed E-state index contributed by atoms with van der Waals surface area (Å²) < 4.78 is 32.1. The van der Waals surface area contributed by atoms with E-state index in [-0.39, 0.29) is 5.22 Å². The standard InChI is InChI=1S/C17H29NO3Si.C3H10O3Si/c1-19-17(12-7-8-15-22(17,20-2)21-3)13-9-14-18-16-10-5-4-6-11-16;1-4-7(5-2)6-3/h4-6,10-11,18H,7-9,12-15H2,1-3H3;7H,1-3H3. The van der Waals surface area contributed by atoms with Gasteiger partial charge in [-0.05, 0) is 37.4 Å². The van der Waals surface area contributed by atoms with Crippen LogP contribution in [0.5, 0.6) is 0 Å². The Morgan fingerprint density at radius 3 is 2.03 bits per heavy atom. The quantitative estimate of drug-likeness (QED) is 0.414. The maximum Gasteiger partial charge on any atom is 0.483 e. The van der Waals surface area contributed by atoms with Crippen LogP contribution in [0, 0.1) is 0 Å². The van der Waals surface area contributed by atoms with E-state index in [0.717, 1.165) is 31.9 Å². The van der Waals surface area contributed by atoms with Gasteiger partial charge < -0.3 is 32.2 Å². The first kappa shape index (κ1) is 26.2. The highest BCUT2D eigenvalue weighted by Gasteiger charge is 2.58. The minimum absolute atomic E-state index is 0.215. The molecule has 1 aromatic carbocycles. The lowest BCUT2D eigenvalue weighted by atomic mass is 10.1. The zero-order chi connectivity index (χ0) is 21.6. The highest BCUT2D eigenvalue weighted by atomic mass is 28.4. The van der Waals surface area contributed by atoms with Crippen molar-refractivity contribution in [3.63, 3.8) is 0 Å². The molecule has 1 unspecified atom stereocenters. The molecule has 7 nitrogen and oxygen atoms in total. The van der Waals surface area contributed by atoms with Crippen molar-refractivity contribution in [3.8, 4) is 0 Å². The molecule has 0 radical (unpaired) electrons. The predicted octanol–water partition coefficient (Wildman–Crippen LogP) is 3.36. The second-order valence-electron chi connectivity index (χ2n) is 6.96. The lowest BCUT2D eigenvalue weighted by Crippen LogP contribution is -2.64. The van der Waals surface area contributed by atoms with Crippen LogP contribution in [-0.2, 0) is 26.9 Å². The van der Waals surface area contributed by atoms with E-state index < -0.39 is 18.1 Å². The third-order valence-corrected chi connectivity index (χ3v) is 11.1. The van der Waals surface area contributed by atoms with Crippen molar-refractivity contribution >= 4 is 23.8 Å². The molecular weight excluding hydrogens is 406 g/mol. The summed E-state index contributed by atoms with van der Waals surface area (Å²) in [4.78, 5) is 0. The average molecular weight is 446 g/mol. The van der Waals surface area contributed by atoms with Crippen LogP contribution in [-0.4, -0.2) is 72.5 Å². The maximum absolute atomic E-state index is 6.01. The van der Waals surface area contributed by atoms with E-state index in [0.29, 0.717) is 0 Å². The molecule has 1 aliphatic rings. The second-order valence-corrected chi connectivity index (χ2v) is 12.7. The summed E-state index contributed by atoms with van der Waals surface area (Å²) in [6.45, 7) is 0.938. The number of hydrogen-bond acceptors (Lipinski definition) is 7. The molecule has 2 rings (SSSR count). The SMILES string of the molecule is COC1(CCCNc2ccccc2)CCCC[Si]1(OC)OC.CO[SiH](OC)OC. The molecule has 0 amide bonds. The molecule has 168 valence electrons. The van der Waals surface area contributed by atoms with Gasteiger partial charge in [0, 0.05) is 54.9 Å². The zero-order valence-corrected chi connectivity index (χ0v) is 21.0. The van der Waals surface area contributed by atoms with Gasteiger partial charge in [0.15, 0.2) is 0 Å². The van der Waals surface area contributed by atoms with Crippen LogP contribution in [0.3, 0.4) is 0 Å². The third kappa shape index (κ3) is 7.44. The molecule has 1 saturated heterocycles. The topological polar surface area (TPSA) is 67.4 Å². The lowest BCUT2D eigenvalue weighted by molar-refractivity contribution is -0.0151. The van der Waals surface area contributed by atoms with Gasteiger partial charge in [-0.3, -0.25) is 0 Å². The van der Waals surface area contributed by atoms with Gasteiger partial charge in [-0.2, -0.15) is 0 Å². The Hall–Kier alpha value is -0.786. The Bertz CT molecular complexity index is 525. The van der Waals surface area contributed by atoms with Crippen molar-refractivity contribution in [3.05, 3.63) is 30.3 Å². The van der Waals surface area contributed by atoms with Crippen molar-refractivity contribution < 1.29 is 26.9 Å². The van der Waals surface area contributed by atoms with Gasteiger partial charge in [-0.15, -0.1) is 0 Å². The molecule has 1 fully saturated rings. The minimum Gasteiger partial charge on any atom is -0.396 e. The van der Waals surface area contributed by atoms with E-state index >= 15 is 0 Å². The van der Waals surface area contributed by atoms with Crippen LogP contribution >= 0.6 is 0 Å². The van der Waals surface area contributed by atoms with Gasteiger partial charge in [0.25, 0.3) is 0 Å². The maximum atomic E-state index is 6.01. The fourth-order valence-corrected chi connectivity index (χ4v) is 8.47. The summed E-state index contributed by atoms with van der Waals surface area (Å²) in [5.41, 5.74) is 1.17. The van der Waals surface area contributed by atoms with Crippen molar-refractivity contribution in [1.29, 1.82) is 0 Å². The second kappa shape index (κ2) is 14.3. The highest BCUT2D eigenvalue weighted by Crippen LogP contribution is 2.42. The van der Waals surface area contributed by atoms with E-state index in [1.165, 1.54) is 18.5 Å². The van der Waals surface area contributed by atoms with Crippen molar-refractivity contribution in [2.45, 2.75) is 43.4 Å². The van der Waals surface area contributed by atoms with E-state index in [1.54, 1.807) is 35.5 Å². The number of benzene rings is 1. The largest absolute Gasteiger partial charge is 0.483 e. The molecule has 0 aliphatic carbocycles.